The van der Waals surface area contributed by atoms with Gasteiger partial charge >= 0.3 is 5.97 Å². The zero-order valence-corrected chi connectivity index (χ0v) is 49.6. The van der Waals surface area contributed by atoms with Crippen molar-refractivity contribution < 1.29 is 58.2 Å². The van der Waals surface area contributed by atoms with E-state index in [1.807, 2.05) is 30.3 Å². The van der Waals surface area contributed by atoms with Gasteiger partial charge in [-0.1, -0.05) is 97.1 Å². The van der Waals surface area contributed by atoms with Crippen molar-refractivity contribution in [1.82, 2.24) is 52.1 Å². The predicted octanol–water partition coefficient (Wildman–Crippen LogP) is -0.591. The molecule has 464 valence electrons. The van der Waals surface area contributed by atoms with E-state index >= 15 is 9.59 Å². The van der Waals surface area contributed by atoms with Crippen LogP contribution in [0.4, 0.5) is 0 Å². The first-order chi connectivity index (χ1) is 41.7. The Morgan fingerprint density at radius 2 is 1.02 bits per heavy atom. The molecule has 0 saturated heterocycles. The van der Waals surface area contributed by atoms with Gasteiger partial charge in [0.05, 0.1) is 18.7 Å². The van der Waals surface area contributed by atoms with Crippen LogP contribution < -0.4 is 54.4 Å². The van der Waals surface area contributed by atoms with Gasteiger partial charge in [0.25, 0.3) is 0 Å². The van der Waals surface area contributed by atoms with E-state index in [0.29, 0.717) is 44.5 Å². The minimum atomic E-state index is -1.82. The molecule has 2 heterocycles. The number of para-hydroxylation sites is 2. The number of aliphatic hydroxyl groups excluding tert-OH is 1. The van der Waals surface area contributed by atoms with Crippen LogP contribution in [0.15, 0.2) is 122 Å². The third kappa shape index (κ3) is 19.6. The number of fused-ring (bicyclic) bond motifs is 2. The summed E-state index contributed by atoms with van der Waals surface area (Å²) in [5.41, 5.74) is 20.8. The Labute approximate surface area is 512 Å². The molecule has 17 N–H and O–H groups in total. The average Bonchev–Trinajstić information content (AvgIpc) is 3.68. The highest BCUT2D eigenvalue weighted by molar-refractivity contribution is 7.80. The third-order valence-corrected chi connectivity index (χ3v) is 15.1. The molecule has 25 nitrogen and oxygen atoms in total. The monoisotopic (exact) mass is 1230 g/mol. The molecule has 0 bridgehead atoms. The summed E-state index contributed by atoms with van der Waals surface area (Å²) in [5.74, 6) is -10.0. The first-order valence-corrected chi connectivity index (χ1v) is 29.4. The van der Waals surface area contributed by atoms with Crippen LogP contribution in [-0.2, 0) is 73.6 Å². The molecule has 9 amide bonds. The molecule has 0 fully saturated rings. The average molecular weight is 1230 g/mol. The molecule has 6 aromatic rings. The maximum Gasteiger partial charge on any atom is 0.327 e. The summed E-state index contributed by atoms with van der Waals surface area (Å²) in [5, 5.41) is 41.1. The number of carbonyl (C=O) groups is 10. The zero-order chi connectivity index (χ0) is 63.2. The van der Waals surface area contributed by atoms with E-state index in [4.69, 9.17) is 17.2 Å². The van der Waals surface area contributed by atoms with Crippen LogP contribution in [0, 0.1) is 0 Å². The van der Waals surface area contributed by atoms with Crippen LogP contribution in [0.3, 0.4) is 0 Å². The molecule has 0 aliphatic rings. The van der Waals surface area contributed by atoms with E-state index < -0.39 is 132 Å². The molecule has 2 aromatic heterocycles. The fraction of sp³-hybridized carbons (Fsp3) is 0.367. The van der Waals surface area contributed by atoms with Crippen molar-refractivity contribution in [3.63, 3.8) is 0 Å². The van der Waals surface area contributed by atoms with Crippen molar-refractivity contribution in [1.29, 1.82) is 0 Å². The molecular formula is C60H75N13O12S2. The van der Waals surface area contributed by atoms with Gasteiger partial charge in [-0.05, 0) is 67.1 Å². The van der Waals surface area contributed by atoms with Gasteiger partial charge in [0.1, 0.15) is 48.8 Å². The Kier molecular flexibility index (Phi) is 25.7. The molecule has 4 aromatic carbocycles. The lowest BCUT2D eigenvalue weighted by atomic mass is 10.00. The van der Waals surface area contributed by atoms with Crippen LogP contribution >= 0.6 is 25.3 Å². The molecule has 9 atom stereocenters. The van der Waals surface area contributed by atoms with E-state index in [2.05, 4.69) is 72.4 Å². The van der Waals surface area contributed by atoms with Gasteiger partial charge < -0.3 is 79.5 Å². The Morgan fingerprint density at radius 3 is 1.49 bits per heavy atom. The van der Waals surface area contributed by atoms with E-state index in [0.717, 1.165) is 10.9 Å². The summed E-state index contributed by atoms with van der Waals surface area (Å²) in [6.07, 6.45) is 1.63. The molecular weight excluding hydrogens is 1160 g/mol. The largest absolute Gasteiger partial charge is 0.480 e. The number of aromatic amines is 2. The van der Waals surface area contributed by atoms with Crippen LogP contribution in [0.1, 0.15) is 48.4 Å². The number of carbonyl (C=O) groups excluding carboxylic acids is 9. The van der Waals surface area contributed by atoms with E-state index in [9.17, 15) is 48.6 Å². The Morgan fingerprint density at radius 1 is 0.563 bits per heavy atom. The highest BCUT2D eigenvalue weighted by Crippen LogP contribution is 2.22. The minimum Gasteiger partial charge on any atom is -0.480 e. The fourth-order valence-corrected chi connectivity index (χ4v) is 10.2. The molecule has 0 radical (unpaired) electrons. The second-order valence-corrected chi connectivity index (χ2v) is 21.6. The lowest BCUT2D eigenvalue weighted by molar-refractivity contribution is -0.151. The van der Waals surface area contributed by atoms with Crippen molar-refractivity contribution in [2.75, 3.05) is 31.1 Å². The number of aliphatic hydroxyl groups is 1. The molecule has 6 rings (SSSR count). The van der Waals surface area contributed by atoms with Crippen molar-refractivity contribution in [2.45, 2.75) is 106 Å². The van der Waals surface area contributed by atoms with Crippen molar-refractivity contribution in [3.8, 4) is 0 Å². The molecule has 0 unspecified atom stereocenters. The first-order valence-electron chi connectivity index (χ1n) is 28.1. The van der Waals surface area contributed by atoms with Crippen molar-refractivity contribution in [2.24, 2.45) is 17.2 Å². The van der Waals surface area contributed by atoms with E-state index in [1.165, 1.54) is 6.92 Å². The van der Waals surface area contributed by atoms with Gasteiger partial charge in [0.2, 0.25) is 53.2 Å². The van der Waals surface area contributed by atoms with Crippen molar-refractivity contribution >= 4 is 106 Å². The molecule has 87 heavy (non-hydrogen) atoms. The standard InChI is InChI=1S/C60H75N13O12S2/c1-34(74)52(58(82)71-48(25-36-16-6-3-7-17-36)59(83)73(31-50(63)75)49(33-87)60(84)85)72-54(78)44(22-12-13-23-61)68-56(80)46(26-37-28-64-42-20-10-8-18-39(37)42)70-57(81)47(27-38-29-65-43-21-11-9-19-40(38)43)69-55(79)45(24-35-14-4-2-5-15-35)67-51(76)30-66-53(77)41(62)32-86/h2-11,14-21,28-29,34,41,44-49,52,64-65,74,86-87H,12-13,22-27,30-33,61-62H2,1H3,(H2,63,75)(H,66,77)(H,67,76)(H,68,80)(H,69,79)(H,70,81)(H,71,82)(H,72,78)(H,84,85)/t34-,41-,44+,45+,46-,47+,48+,49+,52+/m1/s1. The molecule has 0 aliphatic carbocycles. The summed E-state index contributed by atoms with van der Waals surface area (Å²) in [7, 11) is 0. The number of aromatic nitrogens is 2. The lowest BCUT2D eigenvalue weighted by Crippen LogP contribution is -2.62. The number of carboxylic acid groups (broad SMARTS) is 1. The Bertz CT molecular complexity index is 3350. The quantitative estimate of drug-likeness (QED) is 0.0178. The number of nitrogens with zero attached hydrogens (tertiary/aromatic N) is 1. The van der Waals surface area contributed by atoms with Gasteiger partial charge in [0, 0.05) is 71.4 Å². The molecule has 0 saturated carbocycles. The third-order valence-electron chi connectivity index (χ3n) is 14.3. The van der Waals surface area contributed by atoms with Crippen molar-refractivity contribution in [3.05, 3.63) is 144 Å². The summed E-state index contributed by atoms with van der Waals surface area (Å²) in [6, 6.07) is 19.7. The minimum absolute atomic E-state index is 0.00877. The maximum absolute atomic E-state index is 15.2. The van der Waals surface area contributed by atoms with Gasteiger partial charge in [-0.2, -0.15) is 25.3 Å². The fourth-order valence-electron chi connectivity index (χ4n) is 9.71. The Hall–Kier alpha value is -8.76. The maximum atomic E-state index is 15.2. The second kappa shape index (κ2) is 33.2. The van der Waals surface area contributed by atoms with Crippen LogP contribution in [-0.4, -0.2) is 170 Å². The number of hydrogen-bond donors (Lipinski definition) is 16. The highest BCUT2D eigenvalue weighted by Gasteiger charge is 2.39. The van der Waals surface area contributed by atoms with Gasteiger partial charge in [-0.25, -0.2) is 4.79 Å². The van der Waals surface area contributed by atoms with Crippen LogP contribution in [0.5, 0.6) is 0 Å². The normalized spacial score (nSPS) is 14.3. The number of rotatable bonds is 34. The number of benzene rings is 4. The van der Waals surface area contributed by atoms with Gasteiger partial charge in [-0.3, -0.25) is 43.2 Å². The SMILES string of the molecule is C[C@@H](O)[C@H](NC(=O)[C@H](CCCCN)NC(=O)[C@@H](Cc1c[nH]c2ccccc12)NC(=O)[C@H](Cc1c[nH]c2ccccc12)NC(=O)[C@H](Cc1ccccc1)NC(=O)CNC(=O)[C@H](N)CS)C(=O)N[C@@H](Cc1ccccc1)C(=O)N(CC(N)=O)[C@@H](CS)C(=O)O. The summed E-state index contributed by atoms with van der Waals surface area (Å²) < 4.78 is 0. The van der Waals surface area contributed by atoms with Crippen LogP contribution in [0.2, 0.25) is 0 Å². The summed E-state index contributed by atoms with van der Waals surface area (Å²) >= 11 is 8.12. The van der Waals surface area contributed by atoms with E-state index in [-0.39, 0.29) is 50.8 Å². The van der Waals surface area contributed by atoms with Gasteiger partial charge in [-0.15, -0.1) is 0 Å². The van der Waals surface area contributed by atoms with Crippen LogP contribution in [0.25, 0.3) is 21.8 Å². The smallest absolute Gasteiger partial charge is 0.327 e. The highest BCUT2D eigenvalue weighted by atomic mass is 32.1. The molecule has 0 spiro atoms. The number of H-pyrrole nitrogens is 2. The zero-order valence-electron chi connectivity index (χ0n) is 47.8. The number of primary amides is 1. The predicted molar refractivity (Wildman–Crippen MR) is 331 cm³/mol. The first kappa shape index (κ1) is 67.4. The Balaban J connectivity index is 1.32. The number of carboxylic acids is 1. The number of thiol groups is 2. The molecule has 27 heteroatoms. The van der Waals surface area contributed by atoms with Gasteiger partial charge in [0.15, 0.2) is 0 Å². The molecule has 0 aliphatic heterocycles. The summed E-state index contributed by atoms with van der Waals surface area (Å²) in [6.45, 7) is -0.00527. The van der Waals surface area contributed by atoms with E-state index in [1.54, 1.807) is 91.3 Å². The number of hydrogen-bond acceptors (Lipinski definition) is 15. The number of nitrogens with two attached hydrogens (primary N) is 3. The topological polar surface area (TPSA) is 408 Å². The number of aliphatic carboxylic acids is 1. The number of nitrogens with one attached hydrogen (secondary N) is 9. The summed E-state index contributed by atoms with van der Waals surface area (Å²) in [4.78, 5) is 146. The lowest BCUT2D eigenvalue weighted by Gasteiger charge is -2.32. The number of amides is 9. The number of unbranched alkanes of at least 4 members (excludes halogenated alkanes) is 1. The second-order valence-electron chi connectivity index (χ2n) is 20.9.